The summed E-state index contributed by atoms with van der Waals surface area (Å²) in [7, 11) is 0. The highest BCUT2D eigenvalue weighted by molar-refractivity contribution is 8.02. The van der Waals surface area contributed by atoms with Crippen LogP contribution in [0.2, 0.25) is 0 Å². The third-order valence-electron chi connectivity index (χ3n) is 8.17. The number of carbonyl (C=O) groups is 3. The van der Waals surface area contributed by atoms with Gasteiger partial charge in [0.1, 0.15) is 6.04 Å². The summed E-state index contributed by atoms with van der Waals surface area (Å²) in [6.45, 7) is 6.33. The number of likely N-dealkylation sites (tertiary alicyclic amines) is 1. The van der Waals surface area contributed by atoms with Crippen LogP contribution in [0.5, 0.6) is 0 Å². The molecule has 0 radical (unpaired) electrons. The number of aliphatic hydroxyl groups excluding tert-OH is 1. The number of amides is 2. The van der Waals surface area contributed by atoms with Gasteiger partial charge in [-0.3, -0.25) is 14.4 Å². The Morgan fingerprint density at radius 1 is 1.00 bits per heavy atom. The maximum atomic E-state index is 14.2. The Hall–Kier alpha value is -1.80. The van der Waals surface area contributed by atoms with Gasteiger partial charge in [0.05, 0.1) is 23.2 Å². The lowest BCUT2D eigenvalue weighted by Crippen LogP contribution is -2.53. The number of unbranched alkanes of at least 4 members (excludes halogenated alkanes) is 4. The maximum Gasteiger partial charge on any atom is 0.311 e. The van der Waals surface area contributed by atoms with E-state index in [0.717, 1.165) is 51.4 Å². The quantitative estimate of drug-likeness (QED) is 0.285. The Morgan fingerprint density at radius 3 is 2.58 bits per heavy atom. The molecule has 4 aliphatic heterocycles. The van der Waals surface area contributed by atoms with Crippen LogP contribution in [0, 0.1) is 11.8 Å². The van der Waals surface area contributed by atoms with Gasteiger partial charge in [0.15, 0.2) is 0 Å². The van der Waals surface area contributed by atoms with Crippen molar-refractivity contribution in [2.24, 2.45) is 11.8 Å². The van der Waals surface area contributed by atoms with Crippen LogP contribution in [0.4, 0.5) is 0 Å². The van der Waals surface area contributed by atoms with Gasteiger partial charge < -0.3 is 19.6 Å². The molecule has 0 aromatic rings. The predicted molar refractivity (Wildman–Crippen MR) is 141 cm³/mol. The largest absolute Gasteiger partial charge is 0.465 e. The van der Waals surface area contributed by atoms with Gasteiger partial charge in [0, 0.05) is 31.0 Å². The van der Waals surface area contributed by atoms with E-state index in [2.05, 4.69) is 25.2 Å². The number of thioether (sulfide) groups is 1. The Balaban J connectivity index is 1.74. The number of allylic oxidation sites excluding steroid dienone is 1. The second-order valence-corrected chi connectivity index (χ2v) is 12.6. The molecule has 4 aliphatic rings. The minimum atomic E-state index is -0.804. The minimum absolute atomic E-state index is 0.00808. The van der Waals surface area contributed by atoms with Gasteiger partial charge in [0.2, 0.25) is 11.8 Å². The second-order valence-electron chi connectivity index (χ2n) is 10.8. The summed E-state index contributed by atoms with van der Waals surface area (Å²) < 4.78 is 4.29. The molecule has 2 saturated heterocycles. The number of hydrogen-bond donors (Lipinski definition) is 1. The van der Waals surface area contributed by atoms with Crippen molar-refractivity contribution >= 4 is 29.5 Å². The molecule has 7 nitrogen and oxygen atoms in total. The van der Waals surface area contributed by atoms with Crippen molar-refractivity contribution in [3.63, 3.8) is 0 Å². The molecule has 1 unspecified atom stereocenters. The van der Waals surface area contributed by atoms with Crippen LogP contribution < -0.4 is 0 Å². The third kappa shape index (κ3) is 5.00. The zero-order valence-corrected chi connectivity index (χ0v) is 22.6. The van der Waals surface area contributed by atoms with E-state index in [1.165, 1.54) is 0 Å². The van der Waals surface area contributed by atoms with Crippen LogP contribution in [0.3, 0.4) is 0 Å². The summed E-state index contributed by atoms with van der Waals surface area (Å²) in [5, 5.41) is 9.21. The molecule has 0 bridgehead atoms. The lowest BCUT2D eigenvalue weighted by Gasteiger charge is -2.37. The van der Waals surface area contributed by atoms with E-state index in [1.54, 1.807) is 16.7 Å². The maximum absolute atomic E-state index is 14.2. The third-order valence-corrected chi connectivity index (χ3v) is 9.97. The van der Waals surface area contributed by atoms with Gasteiger partial charge >= 0.3 is 5.97 Å². The van der Waals surface area contributed by atoms with Crippen LogP contribution in [-0.4, -0.2) is 81.1 Å². The van der Waals surface area contributed by atoms with Crippen molar-refractivity contribution < 1.29 is 24.2 Å². The van der Waals surface area contributed by atoms with Gasteiger partial charge in [-0.05, 0) is 51.9 Å². The Morgan fingerprint density at radius 2 is 1.81 bits per heavy atom. The summed E-state index contributed by atoms with van der Waals surface area (Å²) in [5.74, 6) is -1.72. The van der Waals surface area contributed by atoms with E-state index < -0.39 is 27.4 Å². The molecule has 0 saturated carbocycles. The molecule has 5 atom stereocenters. The molecule has 4 rings (SSSR count). The molecule has 36 heavy (non-hydrogen) atoms. The van der Waals surface area contributed by atoms with Gasteiger partial charge in [0.25, 0.3) is 0 Å². The SMILES string of the molecule is CCCCCN1CC=C[C@]23S[C@]4(C)/C=C\CCCCOC(=O)[C@@H]4[C@H]2C(=O)N(CCCCCO)C3C1=O. The molecule has 2 amide bonds. The number of esters is 1. The van der Waals surface area contributed by atoms with Crippen molar-refractivity contribution in [3.05, 3.63) is 24.3 Å². The fraction of sp³-hybridized carbons (Fsp3) is 0.750. The normalized spacial score (nSPS) is 35.2. The number of fused-ring (bicyclic) bond motifs is 2. The fourth-order valence-corrected chi connectivity index (χ4v) is 8.56. The second kappa shape index (κ2) is 11.7. The highest BCUT2D eigenvalue weighted by atomic mass is 32.2. The van der Waals surface area contributed by atoms with Gasteiger partial charge in [-0.1, -0.05) is 44.1 Å². The first-order valence-electron chi connectivity index (χ1n) is 13.8. The molecule has 1 N–H and O–H groups in total. The summed E-state index contributed by atoms with van der Waals surface area (Å²) in [5.41, 5.74) is 0. The zero-order chi connectivity index (χ0) is 25.8. The molecule has 1 spiro atoms. The molecule has 200 valence electrons. The highest BCUT2D eigenvalue weighted by Crippen LogP contribution is 2.65. The molecule has 4 heterocycles. The van der Waals surface area contributed by atoms with Crippen LogP contribution in [0.15, 0.2) is 24.3 Å². The lowest BCUT2D eigenvalue weighted by atomic mass is 9.74. The number of hydrogen-bond acceptors (Lipinski definition) is 6. The Kier molecular flexibility index (Phi) is 8.87. The number of cyclic esters (lactones) is 1. The number of ether oxygens (including phenoxy) is 1. The van der Waals surface area contributed by atoms with Crippen LogP contribution in [-0.2, 0) is 19.1 Å². The molecule has 0 aliphatic carbocycles. The summed E-state index contributed by atoms with van der Waals surface area (Å²) in [6, 6.07) is -0.634. The van der Waals surface area contributed by atoms with Crippen LogP contribution >= 0.6 is 11.8 Å². The molecule has 2 fully saturated rings. The number of aliphatic hydroxyl groups is 1. The van der Waals surface area contributed by atoms with Crippen molar-refractivity contribution in [1.29, 1.82) is 0 Å². The zero-order valence-electron chi connectivity index (χ0n) is 21.8. The number of carbonyl (C=O) groups excluding carboxylic acids is 3. The van der Waals surface area contributed by atoms with Crippen LogP contribution in [0.1, 0.15) is 71.6 Å². The number of nitrogens with zero attached hydrogens (tertiary/aromatic N) is 2. The van der Waals surface area contributed by atoms with Crippen molar-refractivity contribution in [2.75, 3.05) is 32.8 Å². The molecular weight excluding hydrogens is 476 g/mol. The molecule has 0 aromatic carbocycles. The smallest absolute Gasteiger partial charge is 0.311 e. The lowest BCUT2D eigenvalue weighted by molar-refractivity contribution is -0.154. The van der Waals surface area contributed by atoms with Crippen molar-refractivity contribution in [2.45, 2.75) is 87.2 Å². The van der Waals surface area contributed by atoms with E-state index in [9.17, 15) is 19.5 Å². The standard InChI is InChI=1S/C28H42N2O5S/c1-3-4-9-16-29-17-13-15-28-21(24(32)30(23(28)25(29)33)18-10-7-11-19-31)22-26(34)35-20-12-6-5-8-14-27(22,2)36-28/h8,13-15,21-23,31H,3-7,9-12,16-20H2,1-2H3/b14-8-/t21-,22-,23?,27+,28-/m0/s1. The van der Waals surface area contributed by atoms with Gasteiger partial charge in [-0.15, -0.1) is 11.8 Å². The first kappa shape index (κ1) is 27.2. The van der Waals surface area contributed by atoms with E-state index in [1.807, 2.05) is 17.9 Å². The van der Waals surface area contributed by atoms with Gasteiger partial charge in [-0.2, -0.15) is 0 Å². The summed E-state index contributed by atoms with van der Waals surface area (Å²) in [4.78, 5) is 45.5. The fourth-order valence-electron chi connectivity index (χ4n) is 6.41. The van der Waals surface area contributed by atoms with E-state index in [-0.39, 0.29) is 24.4 Å². The molecule has 0 aromatic heterocycles. The first-order valence-corrected chi connectivity index (χ1v) is 14.6. The van der Waals surface area contributed by atoms with E-state index in [4.69, 9.17) is 4.74 Å². The topological polar surface area (TPSA) is 87.2 Å². The van der Waals surface area contributed by atoms with Crippen molar-refractivity contribution in [1.82, 2.24) is 9.80 Å². The van der Waals surface area contributed by atoms with Crippen molar-refractivity contribution in [3.8, 4) is 0 Å². The number of rotatable bonds is 9. The highest BCUT2D eigenvalue weighted by Gasteiger charge is 2.73. The monoisotopic (exact) mass is 518 g/mol. The molecular formula is C28H42N2O5S. The predicted octanol–water partition coefficient (Wildman–Crippen LogP) is 3.71. The van der Waals surface area contributed by atoms with E-state index in [0.29, 0.717) is 32.7 Å². The average molecular weight is 519 g/mol. The van der Waals surface area contributed by atoms with Gasteiger partial charge in [-0.25, -0.2) is 0 Å². The summed E-state index contributed by atoms with van der Waals surface area (Å²) >= 11 is 1.62. The first-order chi connectivity index (χ1) is 17.4. The average Bonchev–Trinajstić information content (AvgIpc) is 3.18. The van der Waals surface area contributed by atoms with E-state index >= 15 is 0 Å². The Bertz CT molecular complexity index is 891. The Labute approximate surface area is 219 Å². The van der Waals surface area contributed by atoms with Crippen LogP contribution in [0.25, 0.3) is 0 Å². The molecule has 8 heteroatoms. The summed E-state index contributed by atoms with van der Waals surface area (Å²) in [6.07, 6.45) is 16.3. The minimum Gasteiger partial charge on any atom is -0.465 e.